The van der Waals surface area contributed by atoms with Crippen LogP contribution < -0.4 is 4.52 Å². The molecule has 0 aliphatic heterocycles. The van der Waals surface area contributed by atoms with Crippen LogP contribution in [0.15, 0.2) is 24.3 Å². The van der Waals surface area contributed by atoms with Gasteiger partial charge in [0.05, 0.1) is 5.56 Å². The number of rotatable bonds is 7. The zero-order chi connectivity index (χ0) is 17.2. The maximum atomic E-state index is 11.5. The summed E-state index contributed by atoms with van der Waals surface area (Å²) in [7, 11) is -16.4. The highest BCUT2D eigenvalue weighted by molar-refractivity contribution is 7.66. The van der Waals surface area contributed by atoms with Crippen molar-refractivity contribution in [2.45, 2.75) is 0 Å². The molecule has 2 atom stereocenters. The van der Waals surface area contributed by atoms with Gasteiger partial charge in [-0.3, -0.25) is 4.89 Å². The number of phosphoric acid groups is 3. The van der Waals surface area contributed by atoms with Crippen LogP contribution >= 0.6 is 23.5 Å². The van der Waals surface area contributed by atoms with Crippen LogP contribution in [0.25, 0.3) is 0 Å². The fraction of sp³-hybridized carbons (Fsp3) is 0. The number of aromatic carboxylic acids is 1. The molecule has 0 aliphatic carbocycles. The van der Waals surface area contributed by atoms with E-state index in [1.54, 1.807) is 0 Å². The highest BCUT2D eigenvalue weighted by atomic mass is 31.3. The second kappa shape index (κ2) is 6.59. The van der Waals surface area contributed by atoms with Gasteiger partial charge in [0.15, 0.2) is 0 Å². The molecule has 1 rings (SSSR count). The Morgan fingerprint density at radius 2 is 1.55 bits per heavy atom. The smallest absolute Gasteiger partial charge is 0.478 e. The van der Waals surface area contributed by atoms with Gasteiger partial charge in [-0.25, -0.2) is 18.5 Å². The van der Waals surface area contributed by atoms with Gasteiger partial charge in [-0.1, -0.05) is 6.07 Å². The molecule has 2 unspecified atom stereocenters. The Morgan fingerprint density at radius 1 is 0.955 bits per heavy atom. The molecule has 0 saturated heterocycles. The quantitative estimate of drug-likeness (QED) is 0.424. The number of carboxylic acid groups (broad SMARTS) is 1. The van der Waals surface area contributed by atoms with Crippen molar-refractivity contribution in [2.24, 2.45) is 0 Å². The molecule has 1 aromatic carbocycles. The highest BCUT2D eigenvalue weighted by Gasteiger charge is 2.41. The van der Waals surface area contributed by atoms with E-state index in [0.717, 1.165) is 24.3 Å². The molecule has 12 nitrogen and oxygen atoms in total. The molecule has 22 heavy (non-hydrogen) atoms. The van der Waals surface area contributed by atoms with Crippen LogP contribution in [-0.4, -0.2) is 30.6 Å². The molecule has 0 bridgehead atoms. The van der Waals surface area contributed by atoms with Gasteiger partial charge in [0.1, 0.15) is 5.75 Å². The summed E-state index contributed by atoms with van der Waals surface area (Å²) in [5.41, 5.74) is -0.323. The number of hydrogen-bond acceptors (Lipinski definition) is 7. The molecule has 0 fully saturated rings. The zero-order valence-electron chi connectivity index (χ0n) is 10.2. The molecule has 0 heterocycles. The maximum Gasteiger partial charge on any atom is 0.536 e. The molecule has 0 spiro atoms. The molecule has 0 saturated carbocycles. The van der Waals surface area contributed by atoms with Gasteiger partial charge < -0.3 is 24.3 Å². The normalized spacial score (nSPS) is 17.3. The molecule has 1 aromatic rings. The van der Waals surface area contributed by atoms with Crippen LogP contribution in [0.1, 0.15) is 10.4 Å². The van der Waals surface area contributed by atoms with E-state index in [0.29, 0.717) is 0 Å². The minimum absolute atomic E-state index is 0.323. The second-order valence-corrected chi connectivity index (χ2v) is 7.86. The lowest BCUT2D eigenvalue weighted by Gasteiger charge is -2.16. The topological polar surface area (TPSA) is 197 Å². The molecular formula is C7H9O12P3. The van der Waals surface area contributed by atoms with Gasteiger partial charge in [0.25, 0.3) is 0 Å². The predicted octanol–water partition coefficient (Wildman–Crippen LogP) is 1.09. The first-order chi connectivity index (χ1) is 9.80. The van der Waals surface area contributed by atoms with Crippen molar-refractivity contribution in [1.29, 1.82) is 0 Å². The van der Waals surface area contributed by atoms with Crippen molar-refractivity contribution in [3.8, 4) is 5.75 Å². The monoisotopic (exact) mass is 378 g/mol. The van der Waals surface area contributed by atoms with Gasteiger partial charge in [-0.2, -0.15) is 8.62 Å². The summed E-state index contributed by atoms with van der Waals surface area (Å²) < 4.78 is 44.2. The lowest BCUT2D eigenvalue weighted by molar-refractivity contribution is 0.0696. The zero-order valence-corrected chi connectivity index (χ0v) is 12.9. The van der Waals surface area contributed by atoms with Crippen LogP contribution in [0.4, 0.5) is 0 Å². The summed E-state index contributed by atoms with van der Waals surface area (Å²) in [6, 6.07) is 4.11. The van der Waals surface area contributed by atoms with Crippen molar-refractivity contribution < 1.29 is 56.3 Å². The van der Waals surface area contributed by atoms with Gasteiger partial charge in [-0.05, 0) is 18.2 Å². The third kappa shape index (κ3) is 6.80. The number of benzene rings is 1. The van der Waals surface area contributed by atoms with Crippen molar-refractivity contribution in [3.63, 3.8) is 0 Å². The number of hydrogen-bond donors (Lipinski definition) is 5. The number of carboxylic acids is 1. The van der Waals surface area contributed by atoms with E-state index in [1.807, 2.05) is 0 Å². The first kappa shape index (κ1) is 19.0. The van der Waals surface area contributed by atoms with Crippen molar-refractivity contribution in [2.75, 3.05) is 0 Å². The Morgan fingerprint density at radius 3 is 2.05 bits per heavy atom. The van der Waals surface area contributed by atoms with E-state index in [-0.39, 0.29) is 5.56 Å². The summed E-state index contributed by atoms with van der Waals surface area (Å²) in [4.78, 5) is 45.5. The first-order valence-electron chi connectivity index (χ1n) is 4.96. The van der Waals surface area contributed by atoms with Crippen molar-refractivity contribution >= 4 is 29.4 Å². The Hall–Kier alpha value is -1.06. The third-order valence-corrected chi connectivity index (χ3v) is 5.49. The molecule has 0 amide bonds. The highest BCUT2D eigenvalue weighted by Crippen LogP contribution is 2.66. The average Bonchev–Trinajstić information content (AvgIpc) is 2.22. The van der Waals surface area contributed by atoms with Crippen LogP contribution in [-0.2, 0) is 22.3 Å². The summed E-state index contributed by atoms with van der Waals surface area (Å²) in [5, 5.41) is 8.71. The average molecular weight is 378 g/mol. The fourth-order valence-electron chi connectivity index (χ4n) is 1.12. The van der Waals surface area contributed by atoms with Gasteiger partial charge in [-0.15, -0.1) is 0 Å². The molecule has 15 heteroatoms. The minimum atomic E-state index is -5.62. The van der Waals surface area contributed by atoms with E-state index in [2.05, 4.69) is 13.1 Å². The summed E-state index contributed by atoms with van der Waals surface area (Å²) in [6.07, 6.45) is 0. The lowest BCUT2D eigenvalue weighted by atomic mass is 10.2. The molecule has 0 aliphatic rings. The molecule has 124 valence electrons. The number of carbonyl (C=O) groups is 1. The van der Waals surface area contributed by atoms with Crippen LogP contribution in [0.5, 0.6) is 5.75 Å². The van der Waals surface area contributed by atoms with E-state index in [4.69, 9.17) is 19.8 Å². The molecule has 0 radical (unpaired) electrons. The maximum absolute atomic E-state index is 11.5. The van der Waals surface area contributed by atoms with E-state index in [1.165, 1.54) is 0 Å². The molecule has 0 aromatic heterocycles. The lowest BCUT2D eigenvalue weighted by Crippen LogP contribution is -2.00. The molecule has 5 N–H and O–H groups in total. The predicted molar refractivity (Wildman–Crippen MR) is 67.9 cm³/mol. The van der Waals surface area contributed by atoms with Crippen LogP contribution in [0.2, 0.25) is 0 Å². The largest absolute Gasteiger partial charge is 0.536 e. The minimum Gasteiger partial charge on any atom is -0.478 e. The number of phosphoric ester groups is 1. The first-order valence-corrected chi connectivity index (χ1v) is 9.49. The van der Waals surface area contributed by atoms with E-state index < -0.39 is 35.2 Å². The summed E-state index contributed by atoms with van der Waals surface area (Å²) >= 11 is 0. The summed E-state index contributed by atoms with van der Waals surface area (Å²) in [5.74, 6) is -1.89. The van der Waals surface area contributed by atoms with E-state index >= 15 is 0 Å². The molecular weight excluding hydrogens is 369 g/mol. The Bertz CT molecular complexity index is 706. The van der Waals surface area contributed by atoms with Crippen LogP contribution in [0.3, 0.4) is 0 Å². The Kier molecular flexibility index (Phi) is 5.69. The van der Waals surface area contributed by atoms with Crippen LogP contribution in [0, 0.1) is 0 Å². The van der Waals surface area contributed by atoms with Gasteiger partial charge >= 0.3 is 29.4 Å². The second-order valence-electron chi connectivity index (χ2n) is 3.52. The summed E-state index contributed by atoms with van der Waals surface area (Å²) in [6.45, 7) is 0. The SMILES string of the molecule is O=C(O)c1cccc(OP(=O)(O)OP(=O)(O)OP(=O)(O)O)c1. The van der Waals surface area contributed by atoms with E-state index in [9.17, 15) is 23.4 Å². The van der Waals surface area contributed by atoms with Crippen molar-refractivity contribution in [1.82, 2.24) is 0 Å². The van der Waals surface area contributed by atoms with Gasteiger partial charge in [0.2, 0.25) is 0 Å². The van der Waals surface area contributed by atoms with Crippen molar-refractivity contribution in [3.05, 3.63) is 29.8 Å². The standard InChI is InChI=1S/C7H9O12P3/c8-7(9)5-2-1-3-6(4-5)17-21(13,14)19-22(15,16)18-20(10,11)12/h1-4H,(H,8,9)(H,13,14)(H,15,16)(H2,10,11,12). The van der Waals surface area contributed by atoms with Gasteiger partial charge in [0, 0.05) is 0 Å². The Balaban J connectivity index is 2.90. The Labute approximate surface area is 122 Å². The fourth-order valence-corrected chi connectivity index (χ4v) is 4.13. The third-order valence-electron chi connectivity index (χ3n) is 1.72.